The third-order valence-electron chi connectivity index (χ3n) is 2.57. The molecule has 110 valence electrons. The summed E-state index contributed by atoms with van der Waals surface area (Å²) in [5.74, 6) is 0. The maximum atomic E-state index is 5.53. The summed E-state index contributed by atoms with van der Waals surface area (Å²) >= 11 is 0. The van der Waals surface area contributed by atoms with Crippen LogP contribution in [0.2, 0.25) is 0 Å². The fourth-order valence-corrected chi connectivity index (χ4v) is 1.62. The van der Waals surface area contributed by atoms with Gasteiger partial charge in [0.1, 0.15) is 0 Å². The van der Waals surface area contributed by atoms with Gasteiger partial charge in [0, 0.05) is 13.7 Å². The molecule has 0 rings (SSSR count). The first kappa shape index (κ1) is 17.8. The van der Waals surface area contributed by atoms with Gasteiger partial charge in [0.05, 0.1) is 33.0 Å². The van der Waals surface area contributed by atoms with Crippen LogP contribution in [0.3, 0.4) is 0 Å². The molecule has 18 heavy (non-hydrogen) atoms. The van der Waals surface area contributed by atoms with Crippen LogP contribution in [0.5, 0.6) is 0 Å². The minimum absolute atomic E-state index is 0.637. The van der Waals surface area contributed by atoms with Crippen molar-refractivity contribution >= 4 is 0 Å². The number of nitrogens with zero attached hydrogens (tertiary/aromatic N) is 1. The Morgan fingerprint density at radius 2 is 1.56 bits per heavy atom. The Balaban J connectivity index is 3.31. The highest BCUT2D eigenvalue weighted by Gasteiger charge is 2.02. The maximum absolute atomic E-state index is 5.53. The quantitative estimate of drug-likeness (QED) is 0.468. The van der Waals surface area contributed by atoms with Crippen LogP contribution in [-0.4, -0.2) is 71.2 Å². The highest BCUT2D eigenvalue weighted by molar-refractivity contribution is 4.57. The summed E-state index contributed by atoms with van der Waals surface area (Å²) < 4.78 is 15.7. The molecule has 0 radical (unpaired) electrons. The van der Waals surface area contributed by atoms with Crippen molar-refractivity contribution < 1.29 is 14.2 Å². The highest BCUT2D eigenvalue weighted by Crippen LogP contribution is 1.94. The molecule has 0 heterocycles. The van der Waals surface area contributed by atoms with Crippen molar-refractivity contribution in [3.05, 3.63) is 0 Å². The second kappa shape index (κ2) is 14.9. The first-order valence-electron chi connectivity index (χ1n) is 6.92. The van der Waals surface area contributed by atoms with Gasteiger partial charge in [-0.25, -0.2) is 0 Å². The minimum Gasteiger partial charge on any atom is -0.382 e. The molecule has 0 amide bonds. The molecule has 0 aromatic carbocycles. The molecule has 5 heteroatoms. The monoisotopic (exact) mass is 262 g/mol. The standard InChI is InChI=1S/C13H30N2O3/c1-3-6-15(7-4-5-14)8-9-17-12-13-18-11-10-16-2/h3-14H2,1-2H3. The lowest BCUT2D eigenvalue weighted by atomic mass is 10.3. The van der Waals surface area contributed by atoms with Crippen molar-refractivity contribution in [2.45, 2.75) is 19.8 Å². The summed E-state index contributed by atoms with van der Waals surface area (Å²) in [5.41, 5.74) is 5.52. The number of hydrogen-bond acceptors (Lipinski definition) is 5. The lowest BCUT2D eigenvalue weighted by Crippen LogP contribution is -2.31. The van der Waals surface area contributed by atoms with Crippen molar-refractivity contribution in [2.75, 3.05) is 66.3 Å². The van der Waals surface area contributed by atoms with E-state index in [9.17, 15) is 0 Å². The zero-order valence-electron chi connectivity index (χ0n) is 12.0. The van der Waals surface area contributed by atoms with Crippen molar-refractivity contribution in [1.82, 2.24) is 4.90 Å². The molecule has 0 aliphatic rings. The molecule has 0 aliphatic heterocycles. The Morgan fingerprint density at radius 3 is 2.17 bits per heavy atom. The summed E-state index contributed by atoms with van der Waals surface area (Å²) in [6.07, 6.45) is 2.23. The Hall–Kier alpha value is -0.200. The van der Waals surface area contributed by atoms with Crippen LogP contribution in [0.4, 0.5) is 0 Å². The normalized spacial score (nSPS) is 11.3. The first-order chi connectivity index (χ1) is 8.85. The van der Waals surface area contributed by atoms with E-state index >= 15 is 0 Å². The molecule has 0 atom stereocenters. The Labute approximate surface area is 112 Å². The van der Waals surface area contributed by atoms with Crippen LogP contribution < -0.4 is 5.73 Å². The molecule has 2 N–H and O–H groups in total. The summed E-state index contributed by atoms with van der Waals surface area (Å²) in [4.78, 5) is 2.40. The van der Waals surface area contributed by atoms with Gasteiger partial charge in [0.2, 0.25) is 0 Å². The molecule has 0 aromatic heterocycles. The second-order valence-corrected chi connectivity index (χ2v) is 4.20. The van der Waals surface area contributed by atoms with Gasteiger partial charge >= 0.3 is 0 Å². The molecule has 5 nitrogen and oxygen atoms in total. The SMILES string of the molecule is CCCN(CCCN)CCOCCOCCOC. The fourth-order valence-electron chi connectivity index (χ4n) is 1.62. The van der Waals surface area contributed by atoms with Crippen LogP contribution in [-0.2, 0) is 14.2 Å². The molecular weight excluding hydrogens is 232 g/mol. The minimum atomic E-state index is 0.637. The van der Waals surface area contributed by atoms with Crippen LogP contribution in [0, 0.1) is 0 Å². The van der Waals surface area contributed by atoms with E-state index in [1.54, 1.807) is 7.11 Å². The lowest BCUT2D eigenvalue weighted by molar-refractivity contribution is 0.0194. The maximum Gasteiger partial charge on any atom is 0.0701 e. The Kier molecular flexibility index (Phi) is 14.7. The molecular formula is C13H30N2O3. The molecule has 0 unspecified atom stereocenters. The van der Waals surface area contributed by atoms with Gasteiger partial charge in [-0.3, -0.25) is 0 Å². The molecule has 0 spiro atoms. The van der Waals surface area contributed by atoms with E-state index in [0.29, 0.717) is 26.4 Å². The Morgan fingerprint density at radius 1 is 0.889 bits per heavy atom. The third-order valence-corrected chi connectivity index (χ3v) is 2.57. The smallest absolute Gasteiger partial charge is 0.0701 e. The van der Waals surface area contributed by atoms with Crippen LogP contribution in [0.1, 0.15) is 19.8 Å². The van der Waals surface area contributed by atoms with Crippen molar-refractivity contribution in [1.29, 1.82) is 0 Å². The number of methoxy groups -OCH3 is 1. The highest BCUT2D eigenvalue weighted by atomic mass is 16.5. The van der Waals surface area contributed by atoms with Gasteiger partial charge in [-0.05, 0) is 32.5 Å². The van der Waals surface area contributed by atoms with Crippen LogP contribution >= 0.6 is 0 Å². The topological polar surface area (TPSA) is 57.0 Å². The van der Waals surface area contributed by atoms with E-state index in [4.69, 9.17) is 19.9 Å². The fraction of sp³-hybridized carbons (Fsp3) is 1.00. The predicted molar refractivity (Wildman–Crippen MR) is 73.9 cm³/mol. The first-order valence-corrected chi connectivity index (χ1v) is 6.92. The van der Waals surface area contributed by atoms with Gasteiger partial charge in [-0.1, -0.05) is 6.92 Å². The van der Waals surface area contributed by atoms with Crippen molar-refractivity contribution in [3.63, 3.8) is 0 Å². The van der Waals surface area contributed by atoms with Gasteiger partial charge in [0.25, 0.3) is 0 Å². The zero-order chi connectivity index (χ0) is 13.5. The van der Waals surface area contributed by atoms with E-state index in [0.717, 1.165) is 39.2 Å². The molecule has 0 aromatic rings. The summed E-state index contributed by atoms with van der Waals surface area (Å²) in [7, 11) is 1.67. The van der Waals surface area contributed by atoms with Gasteiger partial charge in [-0.15, -0.1) is 0 Å². The van der Waals surface area contributed by atoms with E-state index in [1.807, 2.05) is 0 Å². The predicted octanol–water partition coefficient (Wildman–Crippen LogP) is 0.727. The number of nitrogens with two attached hydrogens (primary N) is 1. The summed E-state index contributed by atoms with van der Waals surface area (Å²) in [5, 5.41) is 0. The molecule has 0 bridgehead atoms. The summed E-state index contributed by atoms with van der Waals surface area (Å²) in [6.45, 7) is 9.45. The average Bonchev–Trinajstić information content (AvgIpc) is 2.39. The van der Waals surface area contributed by atoms with Gasteiger partial charge < -0.3 is 24.8 Å². The largest absolute Gasteiger partial charge is 0.382 e. The molecule has 0 saturated carbocycles. The molecule has 0 saturated heterocycles. The average molecular weight is 262 g/mol. The van der Waals surface area contributed by atoms with E-state index in [-0.39, 0.29) is 0 Å². The van der Waals surface area contributed by atoms with Crippen LogP contribution in [0.25, 0.3) is 0 Å². The number of ether oxygens (including phenoxy) is 3. The number of rotatable bonds is 14. The van der Waals surface area contributed by atoms with E-state index in [2.05, 4.69) is 11.8 Å². The molecule has 0 aliphatic carbocycles. The zero-order valence-corrected chi connectivity index (χ0v) is 12.0. The second-order valence-electron chi connectivity index (χ2n) is 4.20. The van der Waals surface area contributed by atoms with E-state index in [1.165, 1.54) is 6.42 Å². The van der Waals surface area contributed by atoms with Gasteiger partial charge in [-0.2, -0.15) is 0 Å². The van der Waals surface area contributed by atoms with E-state index < -0.39 is 0 Å². The summed E-state index contributed by atoms with van der Waals surface area (Å²) in [6, 6.07) is 0. The van der Waals surface area contributed by atoms with Gasteiger partial charge in [0.15, 0.2) is 0 Å². The third kappa shape index (κ3) is 12.3. The molecule has 0 fully saturated rings. The van der Waals surface area contributed by atoms with Crippen LogP contribution in [0.15, 0.2) is 0 Å². The van der Waals surface area contributed by atoms with Crippen molar-refractivity contribution in [3.8, 4) is 0 Å². The number of hydrogen-bond donors (Lipinski definition) is 1. The lowest BCUT2D eigenvalue weighted by Gasteiger charge is -2.21. The Bertz CT molecular complexity index is 159. The van der Waals surface area contributed by atoms with Crippen molar-refractivity contribution in [2.24, 2.45) is 5.73 Å².